The second kappa shape index (κ2) is 34.5. The van der Waals surface area contributed by atoms with Crippen LogP contribution in [-0.2, 0) is 25.6 Å². The van der Waals surface area contributed by atoms with Gasteiger partial charge in [0.15, 0.2) is 0 Å². The van der Waals surface area contributed by atoms with Crippen molar-refractivity contribution < 1.29 is 24.3 Å². The second-order valence-electron chi connectivity index (χ2n) is 14.5. The van der Waals surface area contributed by atoms with Crippen molar-refractivity contribution in [2.75, 3.05) is 13.2 Å². The Labute approximate surface area is 313 Å². The highest BCUT2D eigenvalue weighted by Gasteiger charge is 2.22. The summed E-state index contributed by atoms with van der Waals surface area (Å²) in [5.41, 5.74) is 4.63. The van der Waals surface area contributed by atoms with Crippen LogP contribution in [0.25, 0.3) is 0 Å². The molecule has 1 atom stereocenters. The summed E-state index contributed by atoms with van der Waals surface area (Å²) in [5.74, 6) is -0.674. The van der Waals surface area contributed by atoms with E-state index in [1.54, 1.807) is 31.2 Å². The van der Waals surface area contributed by atoms with Gasteiger partial charge in [0.2, 0.25) is 5.91 Å². The first-order valence-corrected chi connectivity index (χ1v) is 21.3. The minimum atomic E-state index is -0.831. The molecule has 51 heavy (non-hydrogen) atoms. The number of allylic oxidation sites excluding steroid dienone is 1. The summed E-state index contributed by atoms with van der Waals surface area (Å²) in [5, 5.41) is 12.5. The zero-order valence-corrected chi connectivity index (χ0v) is 33.3. The van der Waals surface area contributed by atoms with Gasteiger partial charge in [0.05, 0.1) is 13.2 Å². The van der Waals surface area contributed by atoms with Gasteiger partial charge in [-0.05, 0) is 43.9 Å². The zero-order valence-electron chi connectivity index (χ0n) is 33.3. The summed E-state index contributed by atoms with van der Waals surface area (Å²) in [6.07, 6.45) is 36.3. The van der Waals surface area contributed by atoms with E-state index in [1.807, 2.05) is 0 Å². The van der Waals surface area contributed by atoms with Gasteiger partial charge in [-0.3, -0.25) is 15.1 Å². The van der Waals surface area contributed by atoms with E-state index in [0.29, 0.717) is 13.0 Å². The van der Waals surface area contributed by atoms with Gasteiger partial charge in [-0.1, -0.05) is 180 Å². The number of esters is 1. The van der Waals surface area contributed by atoms with Crippen LogP contribution in [0.4, 0.5) is 0 Å². The predicted molar refractivity (Wildman–Crippen MR) is 214 cm³/mol. The molecule has 1 rings (SSSR count). The van der Waals surface area contributed by atoms with Crippen molar-refractivity contribution in [3.8, 4) is 5.75 Å². The Balaban J connectivity index is 2.48. The molecule has 1 aromatic rings. The molecule has 7 heteroatoms. The molecule has 0 saturated carbocycles. The van der Waals surface area contributed by atoms with Gasteiger partial charge in [0, 0.05) is 18.2 Å². The van der Waals surface area contributed by atoms with Gasteiger partial charge in [-0.15, -0.1) is 0 Å². The number of hydrogen-bond donors (Lipinski definition) is 3. The van der Waals surface area contributed by atoms with Crippen LogP contribution in [0.15, 0.2) is 36.0 Å². The molecule has 1 aromatic carbocycles. The highest BCUT2D eigenvalue weighted by Crippen LogP contribution is 2.16. The number of phenolic OH excluding ortho intramolecular Hbond substituents is 1. The molecule has 0 unspecified atom stereocenters. The number of hydroxylamine groups is 1. The highest BCUT2D eigenvalue weighted by molar-refractivity contribution is 5.92. The lowest BCUT2D eigenvalue weighted by molar-refractivity contribution is -0.147. The van der Waals surface area contributed by atoms with Crippen LogP contribution in [0.1, 0.15) is 200 Å². The minimum absolute atomic E-state index is 0.154. The molecule has 0 aromatic heterocycles. The van der Waals surface area contributed by atoms with E-state index in [0.717, 1.165) is 36.9 Å². The Bertz CT molecular complexity index is 980. The molecule has 0 aliphatic heterocycles. The lowest BCUT2D eigenvalue weighted by Crippen LogP contribution is -2.43. The molecule has 3 N–H and O–H groups in total. The van der Waals surface area contributed by atoms with E-state index >= 15 is 0 Å². The monoisotopic (exact) mass is 715 g/mol. The van der Waals surface area contributed by atoms with Crippen LogP contribution in [0.2, 0.25) is 0 Å². The molecular weight excluding hydrogens is 636 g/mol. The molecule has 0 spiro atoms. The summed E-state index contributed by atoms with van der Waals surface area (Å²) in [7, 11) is 0. The minimum Gasteiger partial charge on any atom is -0.508 e. The van der Waals surface area contributed by atoms with Crippen LogP contribution in [0, 0.1) is 0 Å². The van der Waals surface area contributed by atoms with Gasteiger partial charge < -0.3 is 15.2 Å². The molecule has 0 aliphatic carbocycles. The summed E-state index contributed by atoms with van der Waals surface area (Å²) in [6.45, 7) is 7.12. The maximum absolute atomic E-state index is 13.2. The average molecular weight is 715 g/mol. The molecule has 294 valence electrons. The molecule has 0 heterocycles. The first-order valence-electron chi connectivity index (χ1n) is 21.3. The predicted octanol–water partition coefficient (Wildman–Crippen LogP) is 12.0. The number of nitrogens with one attached hydrogen (secondary N) is 2. The second-order valence-corrected chi connectivity index (χ2v) is 14.5. The number of rotatable bonds is 36. The van der Waals surface area contributed by atoms with Crippen LogP contribution in [-0.4, -0.2) is 36.2 Å². The van der Waals surface area contributed by atoms with E-state index in [9.17, 15) is 14.7 Å². The van der Waals surface area contributed by atoms with E-state index < -0.39 is 12.0 Å². The van der Waals surface area contributed by atoms with Crippen molar-refractivity contribution in [3.63, 3.8) is 0 Å². The van der Waals surface area contributed by atoms with E-state index in [2.05, 4.69) is 24.6 Å². The summed E-state index contributed by atoms with van der Waals surface area (Å²) >= 11 is 0. The van der Waals surface area contributed by atoms with Gasteiger partial charge in [-0.2, -0.15) is 0 Å². The van der Waals surface area contributed by atoms with Gasteiger partial charge in [0.25, 0.3) is 0 Å². The smallest absolute Gasteiger partial charge is 0.328 e. The number of phenols is 1. The third kappa shape index (κ3) is 28.7. The van der Waals surface area contributed by atoms with Gasteiger partial charge >= 0.3 is 5.97 Å². The molecule has 0 bridgehead atoms. The summed E-state index contributed by atoms with van der Waals surface area (Å²) in [6, 6.07) is 5.81. The first-order chi connectivity index (χ1) is 25.0. The molecular formula is C44H78N2O5. The number of ether oxygens (including phenoxy) is 1. The SMILES string of the molecule is CCCCCCCCCCCCCCCONC(=CC(=O)N[C@@H](Cc1ccc(O)cc1)C(=O)OCC)CCCCCCCCCCCCCCC. The Morgan fingerprint density at radius 2 is 1.06 bits per heavy atom. The number of aromatic hydroxyl groups is 1. The van der Waals surface area contributed by atoms with Gasteiger partial charge in [0.1, 0.15) is 11.8 Å². The lowest BCUT2D eigenvalue weighted by atomic mass is 10.0. The summed E-state index contributed by atoms with van der Waals surface area (Å²) < 4.78 is 5.26. The van der Waals surface area contributed by atoms with Crippen molar-refractivity contribution in [2.45, 2.75) is 207 Å². The maximum Gasteiger partial charge on any atom is 0.328 e. The molecule has 0 saturated heterocycles. The van der Waals surface area contributed by atoms with Crippen LogP contribution >= 0.6 is 0 Å². The van der Waals surface area contributed by atoms with Crippen molar-refractivity contribution in [2.24, 2.45) is 0 Å². The third-order valence-electron chi connectivity index (χ3n) is 9.67. The Morgan fingerprint density at radius 3 is 1.51 bits per heavy atom. The highest BCUT2D eigenvalue weighted by atomic mass is 16.6. The number of hydrogen-bond acceptors (Lipinski definition) is 6. The number of unbranched alkanes of at least 4 members (excludes halogenated alkanes) is 24. The third-order valence-corrected chi connectivity index (χ3v) is 9.67. The summed E-state index contributed by atoms with van der Waals surface area (Å²) in [4.78, 5) is 31.8. The van der Waals surface area contributed by atoms with E-state index in [1.165, 1.54) is 147 Å². The average Bonchev–Trinajstić information content (AvgIpc) is 3.12. The van der Waals surface area contributed by atoms with Gasteiger partial charge in [-0.25, -0.2) is 4.79 Å². The van der Waals surface area contributed by atoms with Crippen molar-refractivity contribution >= 4 is 11.9 Å². The van der Waals surface area contributed by atoms with E-state index in [-0.39, 0.29) is 24.7 Å². The largest absolute Gasteiger partial charge is 0.508 e. The van der Waals surface area contributed by atoms with Crippen molar-refractivity contribution in [1.82, 2.24) is 10.8 Å². The Morgan fingerprint density at radius 1 is 0.627 bits per heavy atom. The van der Waals surface area contributed by atoms with E-state index in [4.69, 9.17) is 9.57 Å². The maximum atomic E-state index is 13.2. The standard InChI is InChI=1S/C44H78N2O5/c1-4-7-9-11-13-15-17-19-21-23-25-27-29-31-40(46-51-36-30-28-26-24-22-20-18-16-14-12-10-8-5-2)38-43(48)45-42(44(49)50-6-3)37-39-32-34-41(47)35-33-39/h32-35,38,42,46-47H,4-31,36-37H2,1-3H3,(H,45,48)/t42-/m0/s1. The number of carbonyl (C=O) groups excluding carboxylic acids is 2. The fraction of sp³-hybridized carbons (Fsp3) is 0.773. The Hall–Kier alpha value is -2.54. The molecule has 7 nitrogen and oxygen atoms in total. The molecule has 0 radical (unpaired) electrons. The van der Waals surface area contributed by atoms with Crippen LogP contribution < -0.4 is 10.8 Å². The number of carbonyl (C=O) groups is 2. The first kappa shape index (κ1) is 46.5. The molecule has 0 fully saturated rings. The quantitative estimate of drug-likeness (QED) is 0.0277. The molecule has 1 amide bonds. The van der Waals surface area contributed by atoms with Crippen molar-refractivity contribution in [3.05, 3.63) is 41.6 Å². The normalized spacial score (nSPS) is 12.2. The fourth-order valence-corrected chi connectivity index (χ4v) is 6.50. The Kier molecular flexibility index (Phi) is 31.5. The fourth-order valence-electron chi connectivity index (χ4n) is 6.50. The molecule has 0 aliphatic rings. The van der Waals surface area contributed by atoms with Crippen LogP contribution in [0.5, 0.6) is 5.75 Å². The lowest BCUT2D eigenvalue weighted by Gasteiger charge is -2.17. The van der Waals surface area contributed by atoms with Crippen LogP contribution in [0.3, 0.4) is 0 Å². The number of amides is 1. The van der Waals surface area contributed by atoms with Crippen molar-refractivity contribution in [1.29, 1.82) is 0 Å². The zero-order chi connectivity index (χ0) is 37.0. The number of benzene rings is 1. The topological polar surface area (TPSA) is 96.9 Å².